The van der Waals surface area contributed by atoms with E-state index in [-0.39, 0.29) is 24.3 Å². The number of aromatic nitrogens is 3. The number of carbonyl (C=O) groups is 1. The van der Waals surface area contributed by atoms with Gasteiger partial charge in [-0.15, -0.1) is 0 Å². The number of amides is 1. The largest absolute Gasteiger partial charge is 0.494 e. The van der Waals surface area contributed by atoms with E-state index < -0.39 is 0 Å². The molecule has 2 aromatic heterocycles. The first-order valence-electron chi connectivity index (χ1n) is 11.8. The molecule has 0 radical (unpaired) electrons. The summed E-state index contributed by atoms with van der Waals surface area (Å²) in [5.41, 5.74) is 8.56. The Hall–Kier alpha value is -4.11. The maximum atomic E-state index is 13.5. The van der Waals surface area contributed by atoms with Crippen LogP contribution in [-0.2, 0) is 4.79 Å². The quantitative estimate of drug-likeness (QED) is 0.408. The van der Waals surface area contributed by atoms with Crippen LogP contribution >= 0.6 is 0 Å². The number of primary amides is 1. The second-order valence-electron chi connectivity index (χ2n) is 8.88. The van der Waals surface area contributed by atoms with Crippen LogP contribution in [0.3, 0.4) is 0 Å². The number of nitrogens with one attached hydrogen (secondary N) is 1. The average molecular weight is 487 g/mol. The van der Waals surface area contributed by atoms with Gasteiger partial charge in [-0.3, -0.25) is 14.7 Å². The Morgan fingerprint density at radius 1 is 1.11 bits per heavy atom. The van der Waals surface area contributed by atoms with E-state index in [9.17, 15) is 9.18 Å². The molecule has 1 fully saturated rings. The maximum absolute atomic E-state index is 13.5. The molecule has 3 N–H and O–H groups in total. The topological polar surface area (TPSA) is 106 Å². The molecule has 8 nitrogen and oxygen atoms in total. The Balaban J connectivity index is 1.57. The van der Waals surface area contributed by atoms with Gasteiger partial charge in [-0.1, -0.05) is 12.1 Å². The number of rotatable bonds is 7. The van der Waals surface area contributed by atoms with Crippen molar-refractivity contribution < 1.29 is 13.9 Å². The molecule has 1 saturated heterocycles. The fraction of sp³-hybridized carbons (Fsp3) is 0.259. The van der Waals surface area contributed by atoms with Crippen LogP contribution < -0.4 is 15.8 Å². The van der Waals surface area contributed by atoms with Crippen molar-refractivity contribution in [3.05, 3.63) is 66.7 Å². The van der Waals surface area contributed by atoms with E-state index in [1.54, 1.807) is 31.6 Å². The number of nitrogens with zero attached hydrogens (tertiary/aromatic N) is 4. The number of halogens is 1. The van der Waals surface area contributed by atoms with Crippen LogP contribution in [0.25, 0.3) is 33.4 Å². The molecule has 2 aromatic carbocycles. The number of pyridine rings is 1. The van der Waals surface area contributed by atoms with E-state index in [1.807, 2.05) is 24.3 Å². The van der Waals surface area contributed by atoms with Crippen molar-refractivity contribution in [2.24, 2.45) is 5.73 Å². The van der Waals surface area contributed by atoms with Crippen molar-refractivity contribution in [3.8, 4) is 28.3 Å². The highest BCUT2D eigenvalue weighted by Crippen LogP contribution is 2.36. The summed E-state index contributed by atoms with van der Waals surface area (Å²) in [4.78, 5) is 27.3. The van der Waals surface area contributed by atoms with Crippen molar-refractivity contribution in [2.45, 2.75) is 18.9 Å². The Bertz CT molecular complexity index is 1370. The number of fused-ring (bicyclic) bond motifs is 1. The van der Waals surface area contributed by atoms with E-state index in [0.717, 1.165) is 48.0 Å². The highest BCUT2D eigenvalue weighted by molar-refractivity contribution is 5.98. The smallest absolute Gasteiger partial charge is 0.231 e. The van der Waals surface area contributed by atoms with Gasteiger partial charge in [0.15, 0.2) is 5.82 Å². The molecule has 0 bridgehead atoms. The third-order valence-electron chi connectivity index (χ3n) is 6.39. The number of anilines is 1. The highest BCUT2D eigenvalue weighted by Gasteiger charge is 2.23. The monoisotopic (exact) mass is 486 g/mol. The van der Waals surface area contributed by atoms with Crippen LogP contribution in [-0.4, -0.2) is 58.5 Å². The van der Waals surface area contributed by atoms with Gasteiger partial charge in [-0.2, -0.15) is 0 Å². The summed E-state index contributed by atoms with van der Waals surface area (Å²) in [7, 11) is 1.61. The first-order chi connectivity index (χ1) is 17.5. The number of hydrogen-bond acceptors (Lipinski definition) is 7. The summed E-state index contributed by atoms with van der Waals surface area (Å²) in [5.74, 6) is 1.22. The lowest BCUT2D eigenvalue weighted by Crippen LogP contribution is -2.43. The Morgan fingerprint density at radius 3 is 2.56 bits per heavy atom. The minimum absolute atomic E-state index is 0.162. The second-order valence-corrected chi connectivity index (χ2v) is 8.88. The molecular formula is C27H27FN6O2. The Morgan fingerprint density at radius 2 is 1.89 bits per heavy atom. The van der Waals surface area contributed by atoms with Crippen LogP contribution in [0.2, 0.25) is 0 Å². The molecule has 1 aliphatic heterocycles. The molecule has 0 atom stereocenters. The van der Waals surface area contributed by atoms with Crippen LogP contribution in [0.1, 0.15) is 12.8 Å². The zero-order chi connectivity index (χ0) is 25.1. The summed E-state index contributed by atoms with van der Waals surface area (Å²) >= 11 is 0. The predicted octanol–water partition coefficient (Wildman–Crippen LogP) is 3.87. The van der Waals surface area contributed by atoms with Gasteiger partial charge >= 0.3 is 0 Å². The molecule has 36 heavy (non-hydrogen) atoms. The van der Waals surface area contributed by atoms with Gasteiger partial charge in [-0.25, -0.2) is 14.4 Å². The van der Waals surface area contributed by atoms with Gasteiger partial charge < -0.3 is 15.8 Å². The van der Waals surface area contributed by atoms with E-state index in [1.165, 1.54) is 12.1 Å². The minimum atomic E-state index is -0.315. The SMILES string of the molecule is COc1cc(-c2ccc(F)cc2)cc2c(NC3CCN(CC(N)=O)CC3)nc(-c3cccnc3)nc12. The summed E-state index contributed by atoms with van der Waals surface area (Å²) in [6.07, 6.45) is 5.12. The number of benzene rings is 2. The average Bonchev–Trinajstić information content (AvgIpc) is 2.90. The fourth-order valence-electron chi connectivity index (χ4n) is 4.55. The number of likely N-dealkylation sites (tertiary alicyclic amines) is 1. The molecule has 9 heteroatoms. The number of carbonyl (C=O) groups excluding carboxylic acids is 1. The molecule has 5 rings (SSSR count). The normalized spacial score (nSPS) is 14.6. The summed E-state index contributed by atoms with van der Waals surface area (Å²) in [6, 6.07) is 14.2. The molecule has 1 amide bonds. The molecule has 0 unspecified atom stereocenters. The second kappa shape index (κ2) is 10.2. The number of hydrogen-bond donors (Lipinski definition) is 2. The Labute approximate surface area is 208 Å². The molecule has 184 valence electrons. The van der Waals surface area contributed by atoms with Crippen LogP contribution in [0, 0.1) is 5.82 Å². The standard InChI is InChI=1S/C27H27FN6O2/c1-36-23-14-19(17-4-6-20(28)7-5-17)13-22-25(23)32-26(18-3-2-10-30-15-18)33-27(22)31-21-8-11-34(12-9-21)16-24(29)35/h2-7,10,13-15,21H,8-9,11-12,16H2,1H3,(H2,29,35)(H,31,32,33). The van der Waals surface area contributed by atoms with Crippen molar-refractivity contribution in [1.29, 1.82) is 0 Å². The van der Waals surface area contributed by atoms with Crippen molar-refractivity contribution >= 4 is 22.6 Å². The number of methoxy groups -OCH3 is 1. The minimum Gasteiger partial charge on any atom is -0.494 e. The predicted molar refractivity (Wildman–Crippen MR) is 137 cm³/mol. The zero-order valence-corrected chi connectivity index (χ0v) is 19.9. The van der Waals surface area contributed by atoms with Crippen molar-refractivity contribution in [2.75, 3.05) is 32.1 Å². The summed E-state index contributed by atoms with van der Waals surface area (Å²) in [5, 5.41) is 4.42. The van der Waals surface area contributed by atoms with Gasteiger partial charge in [0, 0.05) is 42.5 Å². The lowest BCUT2D eigenvalue weighted by molar-refractivity contribution is -0.119. The van der Waals surface area contributed by atoms with Gasteiger partial charge in [0.05, 0.1) is 13.7 Å². The van der Waals surface area contributed by atoms with Crippen LogP contribution in [0.4, 0.5) is 10.2 Å². The lowest BCUT2D eigenvalue weighted by Gasteiger charge is -2.32. The van der Waals surface area contributed by atoms with E-state index in [2.05, 4.69) is 15.2 Å². The molecule has 3 heterocycles. The van der Waals surface area contributed by atoms with Crippen molar-refractivity contribution in [1.82, 2.24) is 19.9 Å². The molecule has 0 saturated carbocycles. The third-order valence-corrected chi connectivity index (χ3v) is 6.39. The van der Waals surface area contributed by atoms with Gasteiger partial charge in [-0.05, 0) is 60.4 Å². The van der Waals surface area contributed by atoms with Gasteiger partial charge in [0.1, 0.15) is 22.9 Å². The molecule has 0 spiro atoms. The van der Waals surface area contributed by atoms with E-state index in [0.29, 0.717) is 22.9 Å². The van der Waals surface area contributed by atoms with E-state index in [4.69, 9.17) is 20.4 Å². The number of nitrogens with two attached hydrogens (primary N) is 1. The fourth-order valence-corrected chi connectivity index (χ4v) is 4.55. The molecular weight excluding hydrogens is 459 g/mol. The zero-order valence-electron chi connectivity index (χ0n) is 19.9. The first kappa shape index (κ1) is 23.6. The van der Waals surface area contributed by atoms with Crippen LogP contribution in [0.5, 0.6) is 5.75 Å². The Kier molecular flexibility index (Phi) is 6.73. The number of piperidine rings is 1. The summed E-state index contributed by atoms with van der Waals surface area (Å²) < 4.78 is 19.3. The summed E-state index contributed by atoms with van der Waals surface area (Å²) in [6.45, 7) is 1.80. The van der Waals surface area contributed by atoms with Gasteiger partial charge in [0.2, 0.25) is 5.91 Å². The third kappa shape index (κ3) is 5.11. The molecule has 0 aliphatic carbocycles. The number of ether oxygens (including phenoxy) is 1. The first-order valence-corrected chi connectivity index (χ1v) is 11.8. The van der Waals surface area contributed by atoms with Gasteiger partial charge in [0.25, 0.3) is 0 Å². The molecule has 1 aliphatic rings. The van der Waals surface area contributed by atoms with E-state index >= 15 is 0 Å². The highest BCUT2D eigenvalue weighted by atomic mass is 19.1. The molecule has 4 aromatic rings. The van der Waals surface area contributed by atoms with Crippen molar-refractivity contribution in [3.63, 3.8) is 0 Å². The maximum Gasteiger partial charge on any atom is 0.231 e. The van der Waals surface area contributed by atoms with Crippen LogP contribution in [0.15, 0.2) is 60.9 Å². The lowest BCUT2D eigenvalue weighted by atomic mass is 10.0.